The van der Waals surface area contributed by atoms with Gasteiger partial charge in [0, 0.05) is 16.2 Å². The van der Waals surface area contributed by atoms with Gasteiger partial charge in [0.15, 0.2) is 11.5 Å². The van der Waals surface area contributed by atoms with Crippen LogP contribution in [0, 0.1) is 6.92 Å². The van der Waals surface area contributed by atoms with Gasteiger partial charge in [-0.1, -0.05) is 11.6 Å². The first kappa shape index (κ1) is 10.9. The number of benzene rings is 1. The van der Waals surface area contributed by atoms with Gasteiger partial charge in [0.25, 0.3) is 9.05 Å². The number of halogens is 2. The van der Waals surface area contributed by atoms with Gasteiger partial charge in [-0.25, -0.2) is 8.42 Å². The zero-order valence-corrected chi connectivity index (χ0v) is 9.91. The molecule has 1 aliphatic rings. The fraction of sp³-hybridized carbons (Fsp3) is 0.250. The summed E-state index contributed by atoms with van der Waals surface area (Å²) in [5.74, 6) is 0.694. The molecule has 1 aliphatic heterocycles. The Kier molecular flexibility index (Phi) is 2.48. The molecule has 0 amide bonds. The zero-order valence-electron chi connectivity index (χ0n) is 7.58. The molecule has 0 aromatic heterocycles. The second kappa shape index (κ2) is 3.43. The fourth-order valence-electron chi connectivity index (χ4n) is 1.39. The summed E-state index contributed by atoms with van der Waals surface area (Å²) in [5, 5.41) is 0.173. The number of rotatable bonds is 1. The van der Waals surface area contributed by atoms with Crippen molar-refractivity contribution in [2.75, 3.05) is 6.79 Å². The normalized spacial score (nSPS) is 14.3. The van der Waals surface area contributed by atoms with Crippen molar-refractivity contribution < 1.29 is 17.9 Å². The van der Waals surface area contributed by atoms with Gasteiger partial charge >= 0.3 is 0 Å². The summed E-state index contributed by atoms with van der Waals surface area (Å²) in [4.78, 5) is -0.0570. The lowest BCUT2D eigenvalue weighted by molar-refractivity contribution is 0.173. The van der Waals surface area contributed by atoms with E-state index >= 15 is 0 Å². The third-order valence-corrected chi connectivity index (χ3v) is 3.79. The summed E-state index contributed by atoms with van der Waals surface area (Å²) < 4.78 is 32.6. The molecular formula is C8H6Cl2O4S. The minimum absolute atomic E-state index is 0.0294. The van der Waals surface area contributed by atoms with Crippen LogP contribution in [0.15, 0.2) is 11.0 Å². The van der Waals surface area contributed by atoms with Gasteiger partial charge in [0.1, 0.15) is 0 Å². The zero-order chi connectivity index (χ0) is 11.2. The van der Waals surface area contributed by atoms with E-state index < -0.39 is 9.05 Å². The third-order valence-electron chi connectivity index (χ3n) is 2.06. The third kappa shape index (κ3) is 1.75. The molecule has 0 saturated carbocycles. The Morgan fingerprint density at radius 3 is 2.53 bits per heavy atom. The second-order valence-corrected chi connectivity index (χ2v) is 5.93. The topological polar surface area (TPSA) is 52.6 Å². The molecule has 0 fully saturated rings. The molecule has 0 N–H and O–H groups in total. The van der Waals surface area contributed by atoms with Crippen molar-refractivity contribution in [3.8, 4) is 11.5 Å². The average Bonchev–Trinajstić information content (AvgIpc) is 2.58. The smallest absolute Gasteiger partial charge is 0.261 e. The summed E-state index contributed by atoms with van der Waals surface area (Å²) in [6, 6.07) is 1.26. The maximum absolute atomic E-state index is 11.2. The highest BCUT2D eigenvalue weighted by molar-refractivity contribution is 8.13. The molecular weight excluding hydrogens is 263 g/mol. The van der Waals surface area contributed by atoms with Crippen LogP contribution in [0.2, 0.25) is 5.02 Å². The molecule has 1 heterocycles. The SMILES string of the molecule is Cc1c(S(=O)(=O)Cl)cc(Cl)c2c1OCO2. The van der Waals surface area contributed by atoms with E-state index in [0.717, 1.165) is 0 Å². The van der Waals surface area contributed by atoms with E-state index in [2.05, 4.69) is 0 Å². The first-order chi connectivity index (χ1) is 6.91. The van der Waals surface area contributed by atoms with Gasteiger partial charge in [-0.3, -0.25) is 0 Å². The minimum Gasteiger partial charge on any atom is -0.453 e. The van der Waals surface area contributed by atoms with Gasteiger partial charge in [0.2, 0.25) is 6.79 Å². The molecule has 7 heteroatoms. The monoisotopic (exact) mass is 268 g/mol. The molecule has 0 saturated heterocycles. The molecule has 4 nitrogen and oxygen atoms in total. The summed E-state index contributed by atoms with van der Waals surface area (Å²) in [6.45, 7) is 1.61. The van der Waals surface area contributed by atoms with Crippen molar-refractivity contribution in [2.24, 2.45) is 0 Å². The Bertz CT molecular complexity index is 524. The van der Waals surface area contributed by atoms with Crippen molar-refractivity contribution in [1.82, 2.24) is 0 Å². The summed E-state index contributed by atoms with van der Waals surface area (Å²) >= 11 is 5.82. The van der Waals surface area contributed by atoms with Gasteiger partial charge in [-0.15, -0.1) is 0 Å². The minimum atomic E-state index is -3.83. The quantitative estimate of drug-likeness (QED) is 0.734. The Hall–Kier alpha value is -0.650. The molecule has 1 aromatic carbocycles. The molecule has 2 rings (SSSR count). The molecule has 1 aromatic rings. The van der Waals surface area contributed by atoms with E-state index in [4.69, 9.17) is 31.8 Å². The molecule has 0 atom stereocenters. The van der Waals surface area contributed by atoms with Crippen LogP contribution in [0.5, 0.6) is 11.5 Å². The van der Waals surface area contributed by atoms with Crippen molar-refractivity contribution in [3.05, 3.63) is 16.7 Å². The molecule has 0 spiro atoms. The second-order valence-electron chi connectivity index (χ2n) is 2.98. The molecule has 0 radical (unpaired) electrons. The highest BCUT2D eigenvalue weighted by Crippen LogP contribution is 2.44. The molecule has 0 aliphatic carbocycles. The van der Waals surface area contributed by atoms with Gasteiger partial charge in [0.05, 0.1) is 9.92 Å². The summed E-state index contributed by atoms with van der Waals surface area (Å²) in [5.41, 5.74) is 0.405. The van der Waals surface area contributed by atoms with Crippen molar-refractivity contribution in [2.45, 2.75) is 11.8 Å². The molecule has 0 bridgehead atoms. The van der Waals surface area contributed by atoms with E-state index in [1.807, 2.05) is 0 Å². The van der Waals surface area contributed by atoms with Crippen LogP contribution in [0.25, 0.3) is 0 Å². The van der Waals surface area contributed by atoms with Crippen molar-refractivity contribution in [3.63, 3.8) is 0 Å². The molecule has 15 heavy (non-hydrogen) atoms. The van der Waals surface area contributed by atoms with E-state index in [1.165, 1.54) is 6.07 Å². The van der Waals surface area contributed by atoms with Crippen LogP contribution in [0.4, 0.5) is 0 Å². The van der Waals surface area contributed by atoms with Gasteiger partial charge in [-0.05, 0) is 13.0 Å². The summed E-state index contributed by atoms with van der Waals surface area (Å²) in [6.07, 6.45) is 0. The van der Waals surface area contributed by atoms with E-state index in [1.54, 1.807) is 6.92 Å². The number of ether oxygens (including phenoxy) is 2. The van der Waals surface area contributed by atoms with Crippen LogP contribution in [-0.2, 0) is 9.05 Å². The maximum Gasteiger partial charge on any atom is 0.261 e. The van der Waals surface area contributed by atoms with Crippen molar-refractivity contribution in [1.29, 1.82) is 0 Å². The van der Waals surface area contributed by atoms with E-state index in [9.17, 15) is 8.42 Å². The number of hydrogen-bond acceptors (Lipinski definition) is 4. The van der Waals surface area contributed by atoms with E-state index in [0.29, 0.717) is 17.1 Å². The predicted molar refractivity (Wildman–Crippen MR) is 55.4 cm³/mol. The molecule has 82 valence electrons. The highest BCUT2D eigenvalue weighted by Gasteiger charge is 2.26. The Labute approximate surface area is 96.1 Å². The number of fused-ring (bicyclic) bond motifs is 1. The fourth-order valence-corrected chi connectivity index (χ4v) is 2.90. The van der Waals surface area contributed by atoms with Gasteiger partial charge < -0.3 is 9.47 Å². The van der Waals surface area contributed by atoms with Crippen LogP contribution < -0.4 is 9.47 Å². The Morgan fingerprint density at radius 1 is 1.33 bits per heavy atom. The summed E-state index contributed by atoms with van der Waals surface area (Å²) in [7, 11) is 1.43. The first-order valence-electron chi connectivity index (χ1n) is 3.94. The standard InChI is InChI=1S/C8H6Cl2O4S/c1-4-6(15(10,11)12)2-5(9)8-7(4)13-3-14-8/h2H,3H2,1H3. The number of hydrogen-bond donors (Lipinski definition) is 0. The van der Waals surface area contributed by atoms with Crippen LogP contribution in [-0.4, -0.2) is 15.2 Å². The Morgan fingerprint density at radius 2 is 1.93 bits per heavy atom. The van der Waals surface area contributed by atoms with E-state index in [-0.39, 0.29) is 16.7 Å². The van der Waals surface area contributed by atoms with Crippen LogP contribution >= 0.6 is 22.3 Å². The van der Waals surface area contributed by atoms with Crippen LogP contribution in [0.3, 0.4) is 0 Å². The highest BCUT2D eigenvalue weighted by atomic mass is 35.7. The average molecular weight is 269 g/mol. The largest absolute Gasteiger partial charge is 0.453 e. The predicted octanol–water partition coefficient (Wildman–Crippen LogP) is 2.30. The lowest BCUT2D eigenvalue weighted by Gasteiger charge is -2.06. The van der Waals surface area contributed by atoms with Crippen LogP contribution in [0.1, 0.15) is 5.56 Å². The Balaban J connectivity index is 2.76. The lowest BCUT2D eigenvalue weighted by atomic mass is 10.2. The first-order valence-corrected chi connectivity index (χ1v) is 6.63. The maximum atomic E-state index is 11.2. The van der Waals surface area contributed by atoms with Crippen molar-refractivity contribution >= 4 is 31.3 Å². The van der Waals surface area contributed by atoms with Gasteiger partial charge in [-0.2, -0.15) is 0 Å². The lowest BCUT2D eigenvalue weighted by Crippen LogP contribution is -1.96. The molecule has 0 unspecified atom stereocenters.